The summed E-state index contributed by atoms with van der Waals surface area (Å²) in [5, 5.41) is 11.6. The van der Waals surface area contributed by atoms with E-state index < -0.39 is 16.1 Å². The van der Waals surface area contributed by atoms with Gasteiger partial charge in [0.05, 0.1) is 35.1 Å². The number of halogens is 1. The van der Waals surface area contributed by atoms with Gasteiger partial charge in [0.15, 0.2) is 0 Å². The molecular formula is C22H15ClN2O6S. The predicted molar refractivity (Wildman–Crippen MR) is 120 cm³/mol. The highest BCUT2D eigenvalue weighted by atomic mass is 35.5. The summed E-state index contributed by atoms with van der Waals surface area (Å²) in [5.74, 6) is 0.457. The fraction of sp³-hybridized carbons (Fsp3) is 0.0909. The van der Waals surface area contributed by atoms with Gasteiger partial charge in [-0.05, 0) is 53.7 Å². The zero-order valence-electron chi connectivity index (χ0n) is 16.6. The summed E-state index contributed by atoms with van der Waals surface area (Å²) in [6.07, 6.45) is 1.45. The highest BCUT2D eigenvalue weighted by Crippen LogP contribution is 2.37. The highest BCUT2D eigenvalue weighted by Gasteiger charge is 2.35. The lowest BCUT2D eigenvalue weighted by atomic mass is 10.1. The Bertz CT molecular complexity index is 1250. The van der Waals surface area contributed by atoms with Gasteiger partial charge in [0.1, 0.15) is 17.3 Å². The Kier molecular flexibility index (Phi) is 6.02. The van der Waals surface area contributed by atoms with E-state index in [0.717, 1.165) is 22.2 Å². The molecule has 1 aliphatic heterocycles. The Morgan fingerprint density at radius 1 is 1.16 bits per heavy atom. The number of ether oxygens (including phenoxy) is 1. The van der Waals surface area contributed by atoms with E-state index in [1.165, 1.54) is 25.3 Å². The summed E-state index contributed by atoms with van der Waals surface area (Å²) < 4.78 is 10.8. The number of methoxy groups -OCH3 is 1. The summed E-state index contributed by atoms with van der Waals surface area (Å²) in [6.45, 7) is 0.126. The second-order valence-corrected chi connectivity index (χ2v) is 8.17. The lowest BCUT2D eigenvalue weighted by molar-refractivity contribution is -0.384. The lowest BCUT2D eigenvalue weighted by Gasteiger charge is -2.12. The molecule has 1 saturated heterocycles. The Morgan fingerprint density at radius 2 is 1.91 bits per heavy atom. The second-order valence-electron chi connectivity index (χ2n) is 6.74. The Labute approximate surface area is 191 Å². The maximum atomic E-state index is 12.7. The third-order valence-corrected chi connectivity index (χ3v) is 5.85. The molecule has 2 heterocycles. The number of carbonyl (C=O) groups excluding carboxylic acids is 2. The van der Waals surface area contributed by atoms with E-state index in [1.807, 2.05) is 0 Å². The van der Waals surface area contributed by atoms with Gasteiger partial charge in [0.2, 0.25) is 0 Å². The van der Waals surface area contributed by atoms with Crippen LogP contribution in [0.2, 0.25) is 5.02 Å². The van der Waals surface area contributed by atoms with Crippen LogP contribution >= 0.6 is 23.4 Å². The van der Waals surface area contributed by atoms with E-state index in [2.05, 4.69) is 0 Å². The van der Waals surface area contributed by atoms with Crippen molar-refractivity contribution >= 4 is 46.3 Å². The number of furan rings is 1. The molecule has 0 N–H and O–H groups in total. The zero-order valence-corrected chi connectivity index (χ0v) is 18.2. The second kappa shape index (κ2) is 8.89. The predicted octanol–water partition coefficient (Wildman–Crippen LogP) is 5.75. The van der Waals surface area contributed by atoms with E-state index in [1.54, 1.807) is 42.5 Å². The van der Waals surface area contributed by atoms with Gasteiger partial charge in [-0.1, -0.05) is 23.7 Å². The number of nitrogens with zero attached hydrogens (tertiary/aromatic N) is 2. The molecule has 8 nitrogen and oxygen atoms in total. The number of hydrogen-bond acceptors (Lipinski definition) is 7. The third kappa shape index (κ3) is 4.39. The molecule has 2 aromatic carbocycles. The average Bonchev–Trinajstić information content (AvgIpc) is 3.35. The van der Waals surface area contributed by atoms with Crippen LogP contribution in [0.3, 0.4) is 0 Å². The minimum Gasteiger partial charge on any atom is -0.497 e. The molecule has 0 aliphatic carbocycles. The van der Waals surface area contributed by atoms with E-state index in [9.17, 15) is 19.7 Å². The summed E-state index contributed by atoms with van der Waals surface area (Å²) >= 11 is 6.68. The molecule has 0 atom stereocenters. The third-order valence-electron chi connectivity index (χ3n) is 4.69. The molecule has 1 fully saturated rings. The summed E-state index contributed by atoms with van der Waals surface area (Å²) in [6, 6.07) is 14.4. The molecule has 4 rings (SSSR count). The first-order valence-corrected chi connectivity index (χ1v) is 10.5. The molecule has 0 saturated carbocycles. The molecule has 1 aliphatic rings. The molecular weight excluding hydrogens is 456 g/mol. The van der Waals surface area contributed by atoms with Crippen molar-refractivity contribution < 1.29 is 23.7 Å². The van der Waals surface area contributed by atoms with E-state index in [-0.39, 0.29) is 28.5 Å². The van der Waals surface area contributed by atoms with Gasteiger partial charge in [0, 0.05) is 11.1 Å². The number of benzene rings is 2. The highest BCUT2D eigenvalue weighted by molar-refractivity contribution is 8.18. The Balaban J connectivity index is 1.57. The van der Waals surface area contributed by atoms with Crippen LogP contribution < -0.4 is 4.74 Å². The fourth-order valence-corrected chi connectivity index (χ4v) is 4.06. The number of carbonyl (C=O) groups is 2. The summed E-state index contributed by atoms with van der Waals surface area (Å²) in [4.78, 5) is 37.3. The van der Waals surface area contributed by atoms with Gasteiger partial charge in [0.25, 0.3) is 16.8 Å². The van der Waals surface area contributed by atoms with Crippen LogP contribution in [-0.4, -0.2) is 28.1 Å². The molecule has 0 radical (unpaired) electrons. The normalized spacial score (nSPS) is 14.9. The van der Waals surface area contributed by atoms with Gasteiger partial charge in [-0.15, -0.1) is 0 Å². The molecule has 0 unspecified atom stereocenters. The van der Waals surface area contributed by atoms with Crippen LogP contribution in [0.25, 0.3) is 17.4 Å². The molecule has 162 valence electrons. The minimum atomic E-state index is -0.526. The van der Waals surface area contributed by atoms with Crippen molar-refractivity contribution in [1.29, 1.82) is 0 Å². The molecule has 10 heteroatoms. The van der Waals surface area contributed by atoms with Crippen LogP contribution in [0.4, 0.5) is 10.5 Å². The van der Waals surface area contributed by atoms with Crippen LogP contribution in [0.1, 0.15) is 11.3 Å². The van der Waals surface area contributed by atoms with Gasteiger partial charge < -0.3 is 9.15 Å². The van der Waals surface area contributed by atoms with Gasteiger partial charge in [-0.2, -0.15) is 0 Å². The smallest absolute Gasteiger partial charge is 0.293 e. The number of nitro groups is 1. The number of rotatable bonds is 6. The van der Waals surface area contributed by atoms with Gasteiger partial charge >= 0.3 is 0 Å². The quantitative estimate of drug-likeness (QED) is 0.256. The summed E-state index contributed by atoms with van der Waals surface area (Å²) in [5.41, 5.74) is 0.866. The van der Waals surface area contributed by atoms with Crippen LogP contribution in [0.5, 0.6) is 5.75 Å². The van der Waals surface area contributed by atoms with Crippen molar-refractivity contribution in [1.82, 2.24) is 4.90 Å². The maximum absolute atomic E-state index is 12.7. The topological polar surface area (TPSA) is 103 Å². The van der Waals surface area contributed by atoms with Gasteiger partial charge in [-0.25, -0.2) is 0 Å². The molecule has 2 amide bonds. The molecule has 0 bridgehead atoms. The SMILES string of the molecule is COc1ccc(-c2ccc(/C=C3\SC(=O)N(Cc4ccc(Cl)cc4)C3=O)o2)c([N+](=O)[O-])c1. The molecule has 3 aromatic rings. The van der Waals surface area contributed by atoms with E-state index in [4.69, 9.17) is 20.8 Å². The molecule has 1 aromatic heterocycles. The van der Waals surface area contributed by atoms with Crippen LogP contribution in [0.15, 0.2) is 63.9 Å². The van der Waals surface area contributed by atoms with E-state index >= 15 is 0 Å². The van der Waals surface area contributed by atoms with Gasteiger partial charge in [-0.3, -0.25) is 24.6 Å². The first-order chi connectivity index (χ1) is 15.4. The Hall–Kier alpha value is -3.56. The zero-order chi connectivity index (χ0) is 22.8. The standard InChI is InChI=1S/C22H15ClN2O6S/c1-30-15-6-8-17(18(10-15)25(28)29)19-9-7-16(31-19)11-20-21(26)24(22(27)32-20)12-13-2-4-14(23)5-3-13/h2-11H,12H2,1H3/b20-11-. The number of nitro benzene ring substituents is 1. The van der Waals surface area contributed by atoms with Crippen molar-refractivity contribution in [2.24, 2.45) is 0 Å². The van der Waals surface area contributed by atoms with Crippen molar-refractivity contribution in [3.05, 3.63) is 86.0 Å². The monoisotopic (exact) mass is 470 g/mol. The lowest BCUT2D eigenvalue weighted by Crippen LogP contribution is -2.27. The van der Waals surface area contributed by atoms with E-state index in [0.29, 0.717) is 16.5 Å². The number of amides is 2. The van der Waals surface area contributed by atoms with Crippen LogP contribution in [0, 0.1) is 10.1 Å². The largest absolute Gasteiger partial charge is 0.497 e. The first-order valence-electron chi connectivity index (χ1n) is 9.28. The van der Waals surface area contributed by atoms with Crippen molar-refractivity contribution in [3.63, 3.8) is 0 Å². The number of thioether (sulfide) groups is 1. The number of hydrogen-bond donors (Lipinski definition) is 0. The van der Waals surface area contributed by atoms with Crippen molar-refractivity contribution in [2.75, 3.05) is 7.11 Å². The molecule has 32 heavy (non-hydrogen) atoms. The minimum absolute atomic E-state index is 0.126. The fourth-order valence-electron chi connectivity index (χ4n) is 3.11. The van der Waals surface area contributed by atoms with Crippen LogP contribution in [-0.2, 0) is 11.3 Å². The Morgan fingerprint density at radius 3 is 2.59 bits per heavy atom. The van der Waals surface area contributed by atoms with Crippen molar-refractivity contribution in [3.8, 4) is 17.1 Å². The summed E-state index contributed by atoms with van der Waals surface area (Å²) in [7, 11) is 1.42. The average molecular weight is 471 g/mol. The maximum Gasteiger partial charge on any atom is 0.293 e. The molecule has 0 spiro atoms. The number of imide groups is 1. The first kappa shape index (κ1) is 21.7. The van der Waals surface area contributed by atoms with Crippen molar-refractivity contribution in [2.45, 2.75) is 6.54 Å².